The number of hydrogen-bond donors (Lipinski definition) is 0. The largest absolute Gasteiger partial charge is 0.462 e. The Morgan fingerprint density at radius 3 is 2.59 bits per heavy atom. The van der Waals surface area contributed by atoms with Crippen molar-refractivity contribution in [3.05, 3.63) is 23.8 Å². The zero-order valence-corrected chi connectivity index (χ0v) is 17.3. The molecule has 0 N–H and O–H groups in total. The normalized spacial score (nSPS) is 40.3. The van der Waals surface area contributed by atoms with E-state index in [2.05, 4.69) is 12.2 Å². The van der Waals surface area contributed by atoms with Crippen molar-refractivity contribution < 1.29 is 23.9 Å². The van der Waals surface area contributed by atoms with E-state index in [1.165, 1.54) is 0 Å². The molecule has 1 aliphatic heterocycles. The van der Waals surface area contributed by atoms with Gasteiger partial charge in [-0.3, -0.25) is 19.2 Å². The van der Waals surface area contributed by atoms with E-state index < -0.39 is 5.92 Å². The number of fused-ring (bicyclic) bond motifs is 5. The second-order valence-electron chi connectivity index (χ2n) is 9.21. The molecule has 7 atom stereocenters. The van der Waals surface area contributed by atoms with E-state index in [4.69, 9.17) is 4.74 Å². The average Bonchev–Trinajstić information content (AvgIpc) is 3.24. The number of carbonyl (C=O) groups excluding carboxylic acids is 4. The first-order valence-corrected chi connectivity index (χ1v) is 11.1. The van der Waals surface area contributed by atoms with Crippen molar-refractivity contribution in [2.45, 2.75) is 64.9 Å². The molecule has 1 heterocycles. The molecule has 0 spiro atoms. The molecule has 4 rings (SSSR count). The van der Waals surface area contributed by atoms with Gasteiger partial charge < -0.3 is 4.74 Å². The lowest BCUT2D eigenvalue weighted by Crippen LogP contribution is -2.32. The lowest BCUT2D eigenvalue weighted by atomic mass is 9.70. The first-order valence-electron chi connectivity index (χ1n) is 11.1. The van der Waals surface area contributed by atoms with Crippen LogP contribution in [0.25, 0.3) is 0 Å². The van der Waals surface area contributed by atoms with Crippen molar-refractivity contribution in [3.8, 4) is 0 Å². The lowest BCUT2D eigenvalue weighted by molar-refractivity contribution is -0.151. The minimum absolute atomic E-state index is 0.0268. The van der Waals surface area contributed by atoms with Gasteiger partial charge in [-0.25, -0.2) is 0 Å². The van der Waals surface area contributed by atoms with Crippen LogP contribution in [0.4, 0.5) is 0 Å². The summed E-state index contributed by atoms with van der Waals surface area (Å²) in [5, 5.41) is 0. The van der Waals surface area contributed by atoms with Gasteiger partial charge in [0.15, 0.2) is 5.78 Å². The monoisotopic (exact) mass is 398 g/mol. The second-order valence-corrected chi connectivity index (χ2v) is 9.21. The molecule has 1 saturated heterocycles. The molecule has 5 heteroatoms. The van der Waals surface area contributed by atoms with E-state index in [0.29, 0.717) is 37.7 Å². The molecule has 0 aromatic heterocycles. The molecule has 0 unspecified atom stereocenters. The van der Waals surface area contributed by atoms with E-state index in [1.807, 2.05) is 13.0 Å². The van der Waals surface area contributed by atoms with Crippen LogP contribution in [-0.4, -0.2) is 29.4 Å². The number of cyclic esters (lactones) is 1. The van der Waals surface area contributed by atoms with Gasteiger partial charge in [-0.1, -0.05) is 25.2 Å². The average molecular weight is 398 g/mol. The fourth-order valence-corrected chi connectivity index (χ4v) is 5.79. The van der Waals surface area contributed by atoms with Crippen molar-refractivity contribution in [3.63, 3.8) is 0 Å². The van der Waals surface area contributed by atoms with Crippen LogP contribution in [0.3, 0.4) is 0 Å². The Labute approximate surface area is 171 Å². The van der Waals surface area contributed by atoms with Crippen LogP contribution in [0.2, 0.25) is 0 Å². The molecule has 2 fully saturated rings. The van der Waals surface area contributed by atoms with Crippen molar-refractivity contribution in [1.82, 2.24) is 0 Å². The summed E-state index contributed by atoms with van der Waals surface area (Å²) in [6.07, 6.45) is 9.65. The Kier molecular flexibility index (Phi) is 5.58. The van der Waals surface area contributed by atoms with Crippen LogP contribution in [0.15, 0.2) is 23.8 Å². The molecule has 1 saturated carbocycles. The highest BCUT2D eigenvalue weighted by molar-refractivity contribution is 6.10. The maximum Gasteiger partial charge on any atom is 0.306 e. The molecular weight excluding hydrogens is 368 g/mol. The molecule has 5 nitrogen and oxygen atoms in total. The van der Waals surface area contributed by atoms with Crippen LogP contribution < -0.4 is 0 Å². The molecule has 0 bridgehead atoms. The first kappa shape index (κ1) is 20.2. The third kappa shape index (κ3) is 3.76. The fourth-order valence-electron chi connectivity index (χ4n) is 5.79. The summed E-state index contributed by atoms with van der Waals surface area (Å²) in [7, 11) is 0. The Balaban J connectivity index is 1.67. The minimum atomic E-state index is -0.676. The second kappa shape index (κ2) is 8.00. The number of allylic oxidation sites excluding steroid dienone is 4. The molecule has 0 aromatic carbocycles. The molecule has 4 aliphatic rings. The summed E-state index contributed by atoms with van der Waals surface area (Å²) >= 11 is 0. The van der Waals surface area contributed by atoms with Gasteiger partial charge in [0.1, 0.15) is 17.7 Å². The third-order valence-electron chi connectivity index (χ3n) is 7.48. The highest BCUT2D eigenvalue weighted by atomic mass is 16.5. The molecule has 0 amide bonds. The van der Waals surface area contributed by atoms with Crippen LogP contribution in [-0.2, 0) is 23.9 Å². The van der Waals surface area contributed by atoms with Gasteiger partial charge in [-0.2, -0.15) is 0 Å². The topological polar surface area (TPSA) is 77.5 Å². The van der Waals surface area contributed by atoms with E-state index in [-0.39, 0.29) is 65.4 Å². The van der Waals surface area contributed by atoms with Crippen LogP contribution in [0, 0.1) is 35.5 Å². The summed E-state index contributed by atoms with van der Waals surface area (Å²) in [5.74, 6) is -0.571. The van der Waals surface area contributed by atoms with E-state index >= 15 is 0 Å². The number of esters is 1. The molecule has 0 aromatic rings. The van der Waals surface area contributed by atoms with Gasteiger partial charge in [-0.15, -0.1) is 0 Å². The number of carbonyl (C=O) groups is 4. The van der Waals surface area contributed by atoms with E-state index in [1.54, 1.807) is 6.92 Å². The van der Waals surface area contributed by atoms with Gasteiger partial charge in [0.25, 0.3) is 0 Å². The lowest BCUT2D eigenvalue weighted by Gasteiger charge is -2.33. The fraction of sp³-hybridized carbons (Fsp3) is 0.667. The summed E-state index contributed by atoms with van der Waals surface area (Å²) < 4.78 is 5.69. The number of Topliss-reactive ketones (excluding diaryl/α,β-unsaturated/α-hetero) is 3. The zero-order chi connectivity index (χ0) is 20.7. The number of ether oxygens (including phenoxy) is 1. The zero-order valence-electron chi connectivity index (χ0n) is 17.3. The van der Waals surface area contributed by atoms with Crippen molar-refractivity contribution in [1.29, 1.82) is 0 Å². The molecule has 156 valence electrons. The van der Waals surface area contributed by atoms with Crippen molar-refractivity contribution >= 4 is 23.3 Å². The SMILES string of the molecule is CC[C@H]1CCCC(=O)[C@@H](C)C(=O)C2=C[C@@H]3[C@@H](C=C[C@@H]4CC(=O)C[C@@H]34)[C@@H]2CC(=O)O1. The first-order chi connectivity index (χ1) is 13.9. The predicted octanol–water partition coefficient (Wildman–Crippen LogP) is 3.61. The maximum atomic E-state index is 13.2. The third-order valence-corrected chi connectivity index (χ3v) is 7.48. The molecule has 0 radical (unpaired) electrons. The van der Waals surface area contributed by atoms with Gasteiger partial charge in [0, 0.05) is 25.2 Å². The van der Waals surface area contributed by atoms with E-state index in [9.17, 15) is 19.2 Å². The predicted molar refractivity (Wildman–Crippen MR) is 107 cm³/mol. The van der Waals surface area contributed by atoms with Crippen molar-refractivity contribution in [2.24, 2.45) is 35.5 Å². The van der Waals surface area contributed by atoms with Gasteiger partial charge >= 0.3 is 5.97 Å². The Bertz CT molecular complexity index is 791. The smallest absolute Gasteiger partial charge is 0.306 e. The van der Waals surface area contributed by atoms with Crippen molar-refractivity contribution in [2.75, 3.05) is 0 Å². The van der Waals surface area contributed by atoms with Crippen LogP contribution >= 0.6 is 0 Å². The Hall–Kier alpha value is -2.04. The maximum absolute atomic E-state index is 13.2. The summed E-state index contributed by atoms with van der Waals surface area (Å²) in [6, 6.07) is 0. The Morgan fingerprint density at radius 1 is 1.03 bits per heavy atom. The van der Waals surface area contributed by atoms with E-state index in [0.717, 1.165) is 6.42 Å². The summed E-state index contributed by atoms with van der Waals surface area (Å²) in [4.78, 5) is 50.6. The summed E-state index contributed by atoms with van der Waals surface area (Å²) in [6.45, 7) is 3.68. The number of hydrogen-bond acceptors (Lipinski definition) is 5. The standard InChI is InChI=1S/C24H30O5/c1-3-16-5-4-6-22(26)13(2)24(28)21-11-19-17(20(21)12-23(27)29-16)8-7-14-9-15(25)10-18(14)19/h7-8,11,13-14,16-20H,3-6,9-10,12H2,1-2H3/t13-,14-,16+,17-,18-,19-,20+/m1/s1. The van der Waals surface area contributed by atoms with Gasteiger partial charge in [-0.05, 0) is 55.4 Å². The number of ketones is 3. The van der Waals surface area contributed by atoms with Gasteiger partial charge in [0.05, 0.1) is 12.3 Å². The number of rotatable bonds is 1. The Morgan fingerprint density at radius 2 is 1.83 bits per heavy atom. The molecular formula is C24H30O5. The van der Waals surface area contributed by atoms with Crippen LogP contribution in [0.5, 0.6) is 0 Å². The highest BCUT2D eigenvalue weighted by Crippen LogP contribution is 2.52. The van der Waals surface area contributed by atoms with Crippen LogP contribution in [0.1, 0.15) is 58.8 Å². The quantitative estimate of drug-likeness (QED) is 0.383. The minimum Gasteiger partial charge on any atom is -0.462 e. The molecule has 3 aliphatic carbocycles. The summed E-state index contributed by atoms with van der Waals surface area (Å²) in [5.41, 5.74) is 0.607. The molecule has 29 heavy (non-hydrogen) atoms. The van der Waals surface area contributed by atoms with Gasteiger partial charge in [0.2, 0.25) is 0 Å². The highest BCUT2D eigenvalue weighted by Gasteiger charge is 2.49.